The summed E-state index contributed by atoms with van der Waals surface area (Å²) in [5.41, 5.74) is 0. The highest BCUT2D eigenvalue weighted by Crippen LogP contribution is 2.27. The summed E-state index contributed by atoms with van der Waals surface area (Å²) in [5.74, 6) is 0.432. The molecule has 0 amide bonds. The number of hydrogen-bond acceptors (Lipinski definition) is 4. The maximum Gasteiger partial charge on any atom is 0.282 e. The number of nitrogens with zero attached hydrogens (tertiary/aromatic N) is 3. The highest BCUT2D eigenvalue weighted by molar-refractivity contribution is 7.86. The van der Waals surface area contributed by atoms with Crippen molar-refractivity contribution in [2.24, 2.45) is 11.8 Å². The lowest BCUT2D eigenvalue weighted by molar-refractivity contribution is 0.161. The molecule has 0 aliphatic carbocycles. The Bertz CT molecular complexity index is 427. The van der Waals surface area contributed by atoms with Crippen LogP contribution in [0.15, 0.2) is 0 Å². The summed E-state index contributed by atoms with van der Waals surface area (Å²) in [6, 6.07) is 0.281. The molecule has 0 saturated carbocycles. The molecule has 2 fully saturated rings. The van der Waals surface area contributed by atoms with Gasteiger partial charge in [0.15, 0.2) is 0 Å². The SMILES string of the molecule is CC1CN(S(=O)(=O)N2CCCC(CO)C2)CC1N(C)C. The van der Waals surface area contributed by atoms with Gasteiger partial charge in [0, 0.05) is 38.8 Å². The summed E-state index contributed by atoms with van der Waals surface area (Å²) in [6.07, 6.45) is 1.75. The van der Waals surface area contributed by atoms with Crippen LogP contribution in [0.25, 0.3) is 0 Å². The summed E-state index contributed by atoms with van der Waals surface area (Å²) < 4.78 is 28.6. The van der Waals surface area contributed by atoms with Crippen LogP contribution in [0.4, 0.5) is 0 Å². The minimum Gasteiger partial charge on any atom is -0.396 e. The number of aliphatic hydroxyl groups is 1. The van der Waals surface area contributed by atoms with Crippen LogP contribution >= 0.6 is 0 Å². The van der Waals surface area contributed by atoms with E-state index >= 15 is 0 Å². The van der Waals surface area contributed by atoms with Gasteiger partial charge in [-0.25, -0.2) is 0 Å². The van der Waals surface area contributed by atoms with Crippen LogP contribution in [-0.2, 0) is 10.2 Å². The van der Waals surface area contributed by atoms with Gasteiger partial charge in [-0.1, -0.05) is 6.92 Å². The van der Waals surface area contributed by atoms with Gasteiger partial charge in [0.25, 0.3) is 10.2 Å². The van der Waals surface area contributed by atoms with Crippen molar-refractivity contribution in [1.82, 2.24) is 13.5 Å². The Hall–Kier alpha value is -0.210. The second-order valence-corrected chi connectivity index (χ2v) is 8.31. The lowest BCUT2D eigenvalue weighted by atomic mass is 10.0. The zero-order valence-corrected chi connectivity index (χ0v) is 13.5. The Balaban J connectivity index is 2.07. The van der Waals surface area contributed by atoms with Crippen LogP contribution in [-0.4, -0.2) is 80.0 Å². The van der Waals surface area contributed by atoms with E-state index in [1.54, 1.807) is 8.61 Å². The fourth-order valence-electron chi connectivity index (χ4n) is 3.32. The molecule has 2 rings (SSSR count). The topological polar surface area (TPSA) is 64.1 Å². The van der Waals surface area contributed by atoms with E-state index in [-0.39, 0.29) is 18.6 Å². The molecule has 20 heavy (non-hydrogen) atoms. The van der Waals surface area contributed by atoms with Gasteiger partial charge in [0.2, 0.25) is 0 Å². The van der Waals surface area contributed by atoms with E-state index in [4.69, 9.17) is 0 Å². The number of rotatable bonds is 4. The van der Waals surface area contributed by atoms with Crippen molar-refractivity contribution < 1.29 is 13.5 Å². The largest absolute Gasteiger partial charge is 0.396 e. The summed E-state index contributed by atoms with van der Waals surface area (Å²) in [6.45, 7) is 4.37. The van der Waals surface area contributed by atoms with Gasteiger partial charge in [-0.2, -0.15) is 17.0 Å². The van der Waals surface area contributed by atoms with Crippen LogP contribution in [0.1, 0.15) is 19.8 Å². The predicted octanol–water partition coefficient (Wildman–Crippen LogP) is -0.183. The molecular formula is C13H27N3O3S. The van der Waals surface area contributed by atoms with Gasteiger partial charge in [-0.15, -0.1) is 0 Å². The van der Waals surface area contributed by atoms with Crippen LogP contribution in [0, 0.1) is 11.8 Å². The first-order valence-electron chi connectivity index (χ1n) is 7.38. The molecule has 2 heterocycles. The lowest BCUT2D eigenvalue weighted by Gasteiger charge is -2.33. The fraction of sp³-hybridized carbons (Fsp3) is 1.00. The maximum absolute atomic E-state index is 12.7. The Morgan fingerprint density at radius 3 is 2.45 bits per heavy atom. The summed E-state index contributed by atoms with van der Waals surface area (Å²) in [4.78, 5) is 2.10. The maximum atomic E-state index is 12.7. The number of likely N-dealkylation sites (N-methyl/N-ethyl adjacent to an activating group) is 1. The molecule has 2 aliphatic heterocycles. The van der Waals surface area contributed by atoms with E-state index in [0.29, 0.717) is 32.1 Å². The minimum absolute atomic E-state index is 0.0722. The summed E-state index contributed by atoms with van der Waals surface area (Å²) in [5, 5.41) is 9.26. The molecular weight excluding hydrogens is 278 g/mol. The van der Waals surface area contributed by atoms with E-state index in [1.165, 1.54) is 0 Å². The van der Waals surface area contributed by atoms with Crippen molar-refractivity contribution in [3.05, 3.63) is 0 Å². The van der Waals surface area contributed by atoms with Gasteiger partial charge in [0.05, 0.1) is 0 Å². The number of aliphatic hydroxyl groups excluding tert-OH is 1. The zero-order valence-electron chi connectivity index (χ0n) is 12.7. The Morgan fingerprint density at radius 2 is 1.90 bits per heavy atom. The third kappa shape index (κ3) is 3.17. The third-order valence-corrected chi connectivity index (χ3v) is 6.53. The molecule has 2 saturated heterocycles. The molecule has 1 N–H and O–H groups in total. The average molecular weight is 305 g/mol. The fourth-order valence-corrected chi connectivity index (χ4v) is 5.17. The Labute approximate surface area is 122 Å². The van der Waals surface area contributed by atoms with Gasteiger partial charge >= 0.3 is 0 Å². The molecule has 0 spiro atoms. The number of piperidine rings is 1. The first kappa shape index (κ1) is 16.2. The molecule has 0 radical (unpaired) electrons. The molecule has 7 heteroatoms. The van der Waals surface area contributed by atoms with E-state index in [1.807, 2.05) is 14.1 Å². The first-order valence-corrected chi connectivity index (χ1v) is 8.78. The molecule has 0 aromatic rings. The van der Waals surface area contributed by atoms with E-state index in [9.17, 15) is 13.5 Å². The summed E-state index contributed by atoms with van der Waals surface area (Å²) >= 11 is 0. The quantitative estimate of drug-likeness (QED) is 0.782. The lowest BCUT2D eigenvalue weighted by Crippen LogP contribution is -2.48. The van der Waals surface area contributed by atoms with Crippen molar-refractivity contribution in [2.45, 2.75) is 25.8 Å². The van der Waals surface area contributed by atoms with Gasteiger partial charge in [-0.3, -0.25) is 0 Å². The smallest absolute Gasteiger partial charge is 0.282 e. The zero-order chi connectivity index (χ0) is 14.9. The third-order valence-electron chi connectivity index (χ3n) is 4.59. The molecule has 0 bridgehead atoms. The number of hydrogen-bond donors (Lipinski definition) is 1. The van der Waals surface area contributed by atoms with Crippen LogP contribution in [0.3, 0.4) is 0 Å². The van der Waals surface area contributed by atoms with Crippen molar-refractivity contribution >= 4 is 10.2 Å². The molecule has 2 aliphatic rings. The molecule has 3 unspecified atom stereocenters. The van der Waals surface area contributed by atoms with Gasteiger partial charge in [-0.05, 0) is 38.8 Å². The molecule has 118 valence electrons. The van der Waals surface area contributed by atoms with Crippen molar-refractivity contribution in [1.29, 1.82) is 0 Å². The predicted molar refractivity (Wildman–Crippen MR) is 78.5 cm³/mol. The van der Waals surface area contributed by atoms with E-state index < -0.39 is 10.2 Å². The molecule has 3 atom stereocenters. The normalized spacial score (nSPS) is 34.0. The van der Waals surface area contributed by atoms with Crippen molar-refractivity contribution in [3.63, 3.8) is 0 Å². The van der Waals surface area contributed by atoms with E-state index in [0.717, 1.165) is 12.8 Å². The van der Waals surface area contributed by atoms with E-state index in [2.05, 4.69) is 11.8 Å². The monoisotopic (exact) mass is 305 g/mol. The average Bonchev–Trinajstić information content (AvgIpc) is 2.82. The highest BCUT2D eigenvalue weighted by atomic mass is 32.2. The second-order valence-electron chi connectivity index (χ2n) is 6.38. The van der Waals surface area contributed by atoms with Crippen molar-refractivity contribution in [2.75, 3.05) is 46.9 Å². The first-order chi connectivity index (χ1) is 9.36. The van der Waals surface area contributed by atoms with Gasteiger partial charge in [0.1, 0.15) is 0 Å². The summed E-state index contributed by atoms with van der Waals surface area (Å²) in [7, 11) is 0.625. The van der Waals surface area contributed by atoms with Crippen LogP contribution in [0.5, 0.6) is 0 Å². The molecule has 0 aromatic heterocycles. The molecule has 6 nitrogen and oxygen atoms in total. The highest BCUT2D eigenvalue weighted by Gasteiger charge is 2.41. The Morgan fingerprint density at radius 1 is 1.20 bits per heavy atom. The van der Waals surface area contributed by atoms with Crippen LogP contribution < -0.4 is 0 Å². The van der Waals surface area contributed by atoms with Crippen LogP contribution in [0.2, 0.25) is 0 Å². The molecule has 0 aromatic carbocycles. The van der Waals surface area contributed by atoms with Gasteiger partial charge < -0.3 is 10.0 Å². The Kier molecular flexibility index (Phi) is 5.07. The standard InChI is InChI=1S/C13H27N3O3S/c1-11-7-16(9-13(11)14(2)3)20(18,19)15-6-4-5-12(8-15)10-17/h11-13,17H,4-10H2,1-3H3. The second kappa shape index (κ2) is 6.27. The minimum atomic E-state index is -3.38. The van der Waals surface area contributed by atoms with Crippen molar-refractivity contribution in [3.8, 4) is 0 Å².